The molecule has 0 bridgehead atoms. The summed E-state index contributed by atoms with van der Waals surface area (Å²) in [6.45, 7) is -2.36. The molecule has 0 spiro atoms. The predicted octanol–water partition coefficient (Wildman–Crippen LogP) is -5.27. The smallest absolute Gasteiger partial charge is 0.330 e. The normalized spacial score (nSPS) is 45.9. The van der Waals surface area contributed by atoms with Crippen molar-refractivity contribution in [3.63, 3.8) is 0 Å². The first-order valence-electron chi connectivity index (χ1n) is 29.5. The fourth-order valence-electron chi connectivity index (χ4n) is 13.2. The molecule has 0 amide bonds. The fourth-order valence-corrected chi connectivity index (χ4v) is 13.2. The molecule has 8 rings (SSSR count). The molecule has 0 radical (unpaired) electrons. The molecular weight excluding hydrogens is 1150 g/mol. The van der Waals surface area contributed by atoms with Crippen LogP contribution in [0.3, 0.4) is 0 Å². The number of ether oxygens (including phenoxy) is 12. The third-order valence-corrected chi connectivity index (χ3v) is 18.1. The lowest BCUT2D eigenvalue weighted by atomic mass is 9.72. The Balaban J connectivity index is 1.08. The highest BCUT2D eigenvalue weighted by Crippen LogP contribution is 2.45. The van der Waals surface area contributed by atoms with Gasteiger partial charge < -0.3 is 128 Å². The Kier molecular flexibility index (Phi) is 24.7. The maximum absolute atomic E-state index is 13.7. The van der Waals surface area contributed by atoms with E-state index < -0.39 is 221 Å². The van der Waals surface area contributed by atoms with Crippen LogP contribution in [0.5, 0.6) is 0 Å². The molecule has 4 aliphatic carbocycles. The summed E-state index contributed by atoms with van der Waals surface area (Å²) in [7, 11) is 2.83. The molecule has 0 aromatic rings. The van der Waals surface area contributed by atoms with E-state index in [1.807, 2.05) is 0 Å². The van der Waals surface area contributed by atoms with Crippen molar-refractivity contribution in [1.82, 2.24) is 0 Å². The Morgan fingerprint density at radius 2 is 1.09 bits per heavy atom. The molecular formula is C56H87O30+. The summed E-state index contributed by atoms with van der Waals surface area (Å²) in [5, 5.41) is 152. The number of aliphatic hydroxyl groups excluding tert-OH is 13. The van der Waals surface area contributed by atoms with Gasteiger partial charge in [0.2, 0.25) is 0 Å². The van der Waals surface area contributed by atoms with Crippen LogP contribution in [0.2, 0.25) is 0 Å². The minimum Gasteiger partial charge on any atom is -0.481 e. The van der Waals surface area contributed by atoms with Crippen molar-refractivity contribution >= 4 is 23.9 Å². The summed E-state index contributed by atoms with van der Waals surface area (Å²) in [6.07, 6.45) is -30.4. The molecule has 8 aliphatic rings. The maximum Gasteiger partial charge on any atom is 0.330 e. The number of esters is 3. The zero-order chi connectivity index (χ0) is 62.3. The third-order valence-electron chi connectivity index (χ3n) is 18.1. The van der Waals surface area contributed by atoms with E-state index >= 15 is 0 Å². The minimum absolute atomic E-state index is 0.00106. The van der Waals surface area contributed by atoms with Gasteiger partial charge in [0.05, 0.1) is 55.3 Å². The number of carbonyl (C=O) groups is 4. The summed E-state index contributed by atoms with van der Waals surface area (Å²) >= 11 is 0. The zero-order valence-corrected chi connectivity index (χ0v) is 47.8. The number of rotatable bonds is 21. The van der Waals surface area contributed by atoms with E-state index in [9.17, 15) is 85.6 Å². The molecule has 26 unspecified atom stereocenters. The number of aliphatic hydroxyl groups is 15. The molecule has 0 aromatic carbocycles. The number of carboxylic acid groups (broad SMARTS) is 1. The SMILES string of the molecule is COC1CC(C=CC(=O)OC2C(OC3C(OC4CC5C(OC6OC(COC(=O)CC(=O)O)C(O)C(O)C6O)CC(O)CC5[OH+]C4C4CCC(O)C(O)C4)OC(COC(=O)C=CC4CCC(O)CC4)C(O)C3O)OC(CO)C(O)C2O)CC(OC)C1O. The molecule has 26 atom stereocenters. The Bertz CT molecular complexity index is 2240. The van der Waals surface area contributed by atoms with E-state index in [2.05, 4.69) is 0 Å². The fraction of sp³-hybridized carbons (Fsp3) is 0.857. The second kappa shape index (κ2) is 31.0. The van der Waals surface area contributed by atoms with E-state index in [1.165, 1.54) is 26.4 Å². The molecule has 4 saturated heterocycles. The molecule has 0 aromatic heterocycles. The van der Waals surface area contributed by atoms with E-state index in [0.29, 0.717) is 25.7 Å². The summed E-state index contributed by atoms with van der Waals surface area (Å²) in [4.78, 5) is 50.1. The van der Waals surface area contributed by atoms with Gasteiger partial charge in [-0.1, -0.05) is 12.2 Å². The molecule has 15 N–H and O–H groups in total. The number of allylic oxidation sites excluding steroid dienone is 2. The lowest BCUT2D eigenvalue weighted by molar-refractivity contribution is -0.390. The van der Waals surface area contributed by atoms with E-state index in [-0.39, 0.29) is 63.2 Å². The molecule has 86 heavy (non-hydrogen) atoms. The zero-order valence-electron chi connectivity index (χ0n) is 47.8. The number of hydrogen-bond donors (Lipinski definition) is 14. The summed E-state index contributed by atoms with van der Waals surface area (Å²) in [5.41, 5.74) is 0. The second-order valence-electron chi connectivity index (χ2n) is 24.0. The van der Waals surface area contributed by atoms with Crippen LogP contribution >= 0.6 is 0 Å². The van der Waals surface area contributed by atoms with Gasteiger partial charge in [-0.05, 0) is 76.0 Å². The molecule has 8 fully saturated rings. The first-order chi connectivity index (χ1) is 41.0. The molecule has 30 nitrogen and oxygen atoms in total. The van der Waals surface area contributed by atoms with Gasteiger partial charge in [-0.15, -0.1) is 0 Å². The van der Waals surface area contributed by atoms with Gasteiger partial charge in [0.1, 0.15) is 99.0 Å². The van der Waals surface area contributed by atoms with Crippen molar-refractivity contribution in [2.45, 2.75) is 243 Å². The largest absolute Gasteiger partial charge is 0.481 e. The molecule has 4 saturated carbocycles. The summed E-state index contributed by atoms with van der Waals surface area (Å²) in [6, 6.07) is 0. The number of methoxy groups -OCH3 is 2. The van der Waals surface area contributed by atoms with Crippen LogP contribution in [0.4, 0.5) is 0 Å². The standard InChI is InChI=1S/C56H86O30/c1-75-33-13-24(14-34(76-2)43(33)67)6-12-41(65)85-52-48(72)44(68)36(20-57)82-56(52)86-53-49(73)46(70)38(21-77-40(64)11-5-23-3-8-26(58)9-4-23)84-55(53)81-35-18-28-31(79-51(35)25-7-10-29(60)30(61)15-25)16-27(59)17-32(28)80-54-50(74)47(71)45(69)37(83-54)22-78-42(66)19-39(62)63/h5-6,11-12,23-38,43-61,67-74H,3-4,7-10,13-22H2,1-2H3,(H,62,63)/p+1. The predicted molar refractivity (Wildman–Crippen MR) is 283 cm³/mol. The quantitative estimate of drug-likeness (QED) is 0.0168. The van der Waals surface area contributed by atoms with Gasteiger partial charge in [0.15, 0.2) is 37.2 Å². The van der Waals surface area contributed by atoms with E-state index in [4.69, 9.17) is 61.9 Å². The first kappa shape index (κ1) is 68.4. The van der Waals surface area contributed by atoms with E-state index in [0.717, 1.165) is 6.08 Å². The second-order valence-corrected chi connectivity index (χ2v) is 24.0. The van der Waals surface area contributed by atoms with Crippen molar-refractivity contribution in [2.75, 3.05) is 34.0 Å². The van der Waals surface area contributed by atoms with Crippen LogP contribution in [-0.2, 0) is 71.3 Å². The van der Waals surface area contributed by atoms with Crippen molar-refractivity contribution in [1.29, 1.82) is 0 Å². The van der Waals surface area contributed by atoms with Gasteiger partial charge in [-0.3, -0.25) is 9.59 Å². The molecule has 490 valence electrons. The summed E-state index contributed by atoms with van der Waals surface area (Å²) < 4.78 is 69.9. The number of carboxylic acids is 1. The lowest BCUT2D eigenvalue weighted by Crippen LogP contribution is -2.66. The number of fused-ring (bicyclic) bond motifs is 1. The maximum atomic E-state index is 13.7. The lowest BCUT2D eigenvalue weighted by Gasteiger charge is -2.51. The average molecular weight is 1240 g/mol. The van der Waals surface area contributed by atoms with Crippen molar-refractivity contribution in [2.24, 2.45) is 23.7 Å². The highest BCUT2D eigenvalue weighted by atomic mass is 16.8. The molecule has 4 heterocycles. The Hall–Kier alpha value is -3.52. The highest BCUT2D eigenvalue weighted by Gasteiger charge is 2.59. The van der Waals surface area contributed by atoms with Gasteiger partial charge in [-0.2, -0.15) is 0 Å². The van der Waals surface area contributed by atoms with E-state index in [1.54, 1.807) is 6.08 Å². The first-order valence-corrected chi connectivity index (χ1v) is 29.5. The molecule has 30 heteroatoms. The highest BCUT2D eigenvalue weighted by molar-refractivity contribution is 5.90. The minimum atomic E-state index is -2.08. The van der Waals surface area contributed by atoms with Gasteiger partial charge in [0.25, 0.3) is 0 Å². The number of aliphatic carboxylic acids is 1. The topological polar surface area (TPSA) is 466 Å². The van der Waals surface area contributed by atoms with Crippen LogP contribution in [0, 0.1) is 23.7 Å². The number of hydrogen-bond acceptors (Lipinski definition) is 28. The van der Waals surface area contributed by atoms with Crippen LogP contribution in [0.15, 0.2) is 24.3 Å². The van der Waals surface area contributed by atoms with Gasteiger partial charge >= 0.3 is 23.9 Å². The third kappa shape index (κ3) is 16.9. The Morgan fingerprint density at radius 1 is 0.512 bits per heavy atom. The van der Waals surface area contributed by atoms with Crippen molar-refractivity contribution in [3.8, 4) is 0 Å². The monoisotopic (exact) mass is 1240 g/mol. The summed E-state index contributed by atoms with van der Waals surface area (Å²) in [5.74, 6) is -6.33. The van der Waals surface area contributed by atoms with Crippen molar-refractivity contribution < 1.29 is 148 Å². The van der Waals surface area contributed by atoms with Gasteiger partial charge in [-0.25, -0.2) is 9.59 Å². The average Bonchev–Trinajstić information content (AvgIpc) is 1.37. The molecule has 4 aliphatic heterocycles. The number of carbonyl (C=O) groups excluding carboxylic acids is 3. The Labute approximate surface area is 495 Å². The van der Waals surface area contributed by atoms with Crippen LogP contribution in [0.25, 0.3) is 0 Å². The van der Waals surface area contributed by atoms with Gasteiger partial charge in [0, 0.05) is 45.1 Å². The Morgan fingerprint density at radius 3 is 1.74 bits per heavy atom. The van der Waals surface area contributed by atoms with Crippen molar-refractivity contribution in [3.05, 3.63) is 24.3 Å². The van der Waals surface area contributed by atoms with Crippen LogP contribution in [-0.4, -0.2) is 293 Å². The van der Waals surface area contributed by atoms with Crippen LogP contribution in [0.1, 0.15) is 83.5 Å². The van der Waals surface area contributed by atoms with Crippen LogP contribution < -0.4 is 0 Å².